The lowest BCUT2D eigenvalue weighted by Gasteiger charge is -2.64. The molecule has 5 rings (SSSR count). The zero-order valence-electron chi connectivity index (χ0n) is 23.1. The fourth-order valence-corrected chi connectivity index (χ4v) is 9.85. The molecule has 1 aromatic rings. The van der Waals surface area contributed by atoms with Crippen molar-refractivity contribution >= 4 is 5.97 Å². The fourth-order valence-electron chi connectivity index (χ4n) is 9.85. The first-order valence-electron chi connectivity index (χ1n) is 14.1. The number of carboxylic acid groups (broad SMARTS) is 1. The molecule has 3 aliphatic carbocycles. The van der Waals surface area contributed by atoms with Gasteiger partial charge in [-0.2, -0.15) is 18.1 Å². The van der Waals surface area contributed by atoms with Crippen LogP contribution in [0.1, 0.15) is 70.3 Å². The number of aliphatic carboxylic acids is 1. The molecule has 220 valence electrons. The second-order valence-corrected chi connectivity index (χ2v) is 13.3. The summed E-state index contributed by atoms with van der Waals surface area (Å²) in [6, 6.07) is 1.69. The smallest absolute Gasteiger partial charge is 0.412 e. The number of furan rings is 1. The molecule has 2 heterocycles. The van der Waals surface area contributed by atoms with Gasteiger partial charge in [-0.1, -0.05) is 32.2 Å². The Morgan fingerprint density at radius 2 is 2.08 bits per heavy atom. The minimum absolute atomic E-state index is 0.0306. The number of carbonyl (C=O) groups is 1. The van der Waals surface area contributed by atoms with Crippen molar-refractivity contribution in [3.63, 3.8) is 0 Å². The number of nitrogens with two attached hydrogens (primary N) is 1. The average Bonchev–Trinajstić information content (AvgIpc) is 3.60. The summed E-state index contributed by atoms with van der Waals surface area (Å²) >= 11 is 0. The van der Waals surface area contributed by atoms with Crippen molar-refractivity contribution in [1.29, 1.82) is 0 Å². The molecule has 0 aromatic carbocycles. The van der Waals surface area contributed by atoms with Gasteiger partial charge < -0.3 is 20.0 Å². The van der Waals surface area contributed by atoms with Crippen LogP contribution in [0.15, 0.2) is 52.7 Å². The monoisotopic (exact) mass is 564 g/mol. The third-order valence-corrected chi connectivity index (χ3v) is 11.4. The van der Waals surface area contributed by atoms with Gasteiger partial charge in [0.05, 0.1) is 18.3 Å². The van der Waals surface area contributed by atoms with Gasteiger partial charge in [-0.05, 0) is 91.2 Å². The van der Waals surface area contributed by atoms with Gasteiger partial charge in [-0.15, -0.1) is 0 Å². The van der Waals surface area contributed by atoms with Crippen molar-refractivity contribution in [2.45, 2.75) is 82.5 Å². The highest BCUT2D eigenvalue weighted by atomic mass is 19.4. The van der Waals surface area contributed by atoms with Crippen molar-refractivity contribution in [1.82, 2.24) is 0 Å². The summed E-state index contributed by atoms with van der Waals surface area (Å²) in [5, 5.41) is 13.5. The van der Waals surface area contributed by atoms with E-state index in [1.807, 2.05) is 6.92 Å². The van der Waals surface area contributed by atoms with Crippen molar-refractivity contribution < 1.29 is 32.2 Å². The van der Waals surface area contributed by atoms with E-state index in [-0.39, 0.29) is 49.0 Å². The Balaban J connectivity index is 1.63. The van der Waals surface area contributed by atoms with Crippen LogP contribution < -0.4 is 5.73 Å². The van der Waals surface area contributed by atoms with Gasteiger partial charge in [0.1, 0.15) is 11.6 Å². The van der Waals surface area contributed by atoms with Gasteiger partial charge in [0.2, 0.25) is 0 Å². The number of nitroso groups, excluding NO2 is 1. The van der Waals surface area contributed by atoms with E-state index in [1.54, 1.807) is 6.07 Å². The molecule has 3 N–H and O–H groups in total. The molecule has 0 radical (unpaired) electrons. The van der Waals surface area contributed by atoms with Crippen LogP contribution in [0.5, 0.6) is 0 Å². The maximum Gasteiger partial charge on any atom is 0.412 e. The van der Waals surface area contributed by atoms with Crippen LogP contribution in [0.2, 0.25) is 0 Å². The standard InChI is InChI=1S/C30H39F3N2O5/c1-16(30(31,32)33)9-22(18-5-8-39-15-18)27(3,6-7-34)24-10-17(2)40-26-28(24,4)14-21-20(12-25(36)37)19-11-23(21)29(26,13-19)35-38/h5,8,15,19-24,26H,1-2,6-7,9-14,34H2,3-4H3,(H,36,37). The second-order valence-electron chi connectivity index (χ2n) is 13.3. The summed E-state index contributed by atoms with van der Waals surface area (Å²) < 4.78 is 53.3. The molecule has 1 saturated heterocycles. The van der Waals surface area contributed by atoms with Crippen LogP contribution >= 0.6 is 0 Å². The number of ether oxygens (including phenoxy) is 1. The maximum absolute atomic E-state index is 13.8. The van der Waals surface area contributed by atoms with E-state index in [0.29, 0.717) is 37.0 Å². The first kappa shape index (κ1) is 28.9. The van der Waals surface area contributed by atoms with E-state index in [1.165, 1.54) is 12.5 Å². The summed E-state index contributed by atoms with van der Waals surface area (Å²) in [6.07, 6.45) is 0.0623. The molecule has 2 bridgehead atoms. The van der Waals surface area contributed by atoms with Gasteiger partial charge >= 0.3 is 12.1 Å². The van der Waals surface area contributed by atoms with E-state index in [9.17, 15) is 28.0 Å². The molecule has 0 spiro atoms. The average molecular weight is 565 g/mol. The molecular formula is C30H39F3N2O5. The number of halogens is 3. The molecular weight excluding hydrogens is 525 g/mol. The van der Waals surface area contributed by atoms with Crippen LogP contribution in [-0.4, -0.2) is 35.4 Å². The van der Waals surface area contributed by atoms with Crippen LogP contribution in [0.3, 0.4) is 0 Å². The molecule has 10 heteroatoms. The number of carboxylic acids is 1. The lowest BCUT2D eigenvalue weighted by Crippen LogP contribution is -2.67. The first-order valence-corrected chi connectivity index (χ1v) is 14.1. The molecule has 3 saturated carbocycles. The number of allylic oxidation sites excluding steroid dienone is 2. The van der Waals surface area contributed by atoms with Gasteiger partial charge in [-0.3, -0.25) is 4.79 Å². The van der Waals surface area contributed by atoms with E-state index in [4.69, 9.17) is 14.9 Å². The Kier molecular flexibility index (Phi) is 7.03. The fraction of sp³-hybridized carbons (Fsp3) is 0.700. The van der Waals surface area contributed by atoms with Gasteiger partial charge in [0.25, 0.3) is 0 Å². The normalized spacial score (nSPS) is 38.7. The predicted octanol–water partition coefficient (Wildman–Crippen LogP) is 6.81. The van der Waals surface area contributed by atoms with Crippen molar-refractivity contribution in [2.75, 3.05) is 6.54 Å². The minimum atomic E-state index is -4.56. The number of alkyl halides is 3. The van der Waals surface area contributed by atoms with Crippen molar-refractivity contribution in [2.24, 2.45) is 51.3 Å². The molecule has 1 aromatic heterocycles. The molecule has 40 heavy (non-hydrogen) atoms. The van der Waals surface area contributed by atoms with E-state index in [0.717, 1.165) is 6.42 Å². The molecule has 10 atom stereocenters. The highest BCUT2D eigenvalue weighted by molar-refractivity contribution is 5.67. The van der Waals surface area contributed by atoms with Gasteiger partial charge in [0.15, 0.2) is 0 Å². The Hall–Kier alpha value is -2.62. The highest BCUT2D eigenvalue weighted by Gasteiger charge is 2.75. The summed E-state index contributed by atoms with van der Waals surface area (Å²) in [6.45, 7) is 11.8. The first-order chi connectivity index (χ1) is 18.7. The van der Waals surface area contributed by atoms with Gasteiger partial charge in [-0.25, -0.2) is 0 Å². The minimum Gasteiger partial charge on any atom is -0.492 e. The molecule has 0 amide bonds. The van der Waals surface area contributed by atoms with Crippen LogP contribution in [-0.2, 0) is 9.53 Å². The van der Waals surface area contributed by atoms with E-state index < -0.39 is 46.1 Å². The third-order valence-electron chi connectivity index (χ3n) is 11.4. The Morgan fingerprint density at radius 1 is 1.35 bits per heavy atom. The van der Waals surface area contributed by atoms with Crippen molar-refractivity contribution in [3.05, 3.63) is 53.6 Å². The summed E-state index contributed by atoms with van der Waals surface area (Å²) in [5.74, 6) is -1.40. The summed E-state index contributed by atoms with van der Waals surface area (Å²) in [7, 11) is 0. The Bertz CT molecular complexity index is 1180. The zero-order valence-corrected chi connectivity index (χ0v) is 23.1. The molecule has 4 aliphatic rings. The highest BCUT2D eigenvalue weighted by Crippen LogP contribution is 2.73. The molecule has 7 nitrogen and oxygen atoms in total. The number of nitrogens with zero attached hydrogens (tertiary/aromatic N) is 1. The second kappa shape index (κ2) is 9.74. The summed E-state index contributed by atoms with van der Waals surface area (Å²) in [4.78, 5) is 24.6. The predicted molar refractivity (Wildman–Crippen MR) is 142 cm³/mol. The van der Waals surface area contributed by atoms with Crippen LogP contribution in [0, 0.1) is 45.3 Å². The topological polar surface area (TPSA) is 115 Å². The number of hydrogen-bond acceptors (Lipinski definition) is 6. The molecule has 1 aliphatic heterocycles. The number of hydrogen-bond donors (Lipinski definition) is 2. The number of rotatable bonds is 10. The Labute approximate surface area is 232 Å². The third kappa shape index (κ3) is 4.23. The van der Waals surface area contributed by atoms with Crippen LogP contribution in [0.25, 0.3) is 0 Å². The van der Waals surface area contributed by atoms with E-state index >= 15 is 0 Å². The van der Waals surface area contributed by atoms with E-state index in [2.05, 4.69) is 25.3 Å². The summed E-state index contributed by atoms with van der Waals surface area (Å²) in [5.41, 5.74) is 3.46. The van der Waals surface area contributed by atoms with Gasteiger partial charge in [0, 0.05) is 23.8 Å². The maximum atomic E-state index is 13.8. The molecule has 4 fully saturated rings. The Morgan fingerprint density at radius 3 is 2.65 bits per heavy atom. The lowest BCUT2D eigenvalue weighted by atomic mass is 9.43. The SMILES string of the molecule is C=C1CC(C(C)(CCN)C(CC(=C)C(F)(F)F)c2ccoc2)C2(C)CC3C(CC(=O)O)C4CC3C(N=O)(C4)C2O1. The number of fused-ring (bicyclic) bond motifs is 3. The zero-order chi connectivity index (χ0) is 29.3. The largest absolute Gasteiger partial charge is 0.492 e. The molecule has 10 unspecified atom stereocenters. The van der Waals surface area contributed by atoms with Crippen molar-refractivity contribution in [3.8, 4) is 0 Å². The quantitative estimate of drug-likeness (QED) is 0.238. The van der Waals surface area contributed by atoms with Crippen LogP contribution in [0.4, 0.5) is 13.2 Å². The lowest BCUT2D eigenvalue weighted by molar-refractivity contribution is -0.203.